The number of rotatable bonds is 2. The van der Waals surface area contributed by atoms with E-state index in [9.17, 15) is 0 Å². The topological polar surface area (TPSA) is 17.8 Å². The van der Waals surface area contributed by atoms with E-state index < -0.39 is 0 Å². The predicted molar refractivity (Wildman–Crippen MR) is 66.8 cm³/mol. The highest BCUT2D eigenvalue weighted by atomic mass is 15.2. The van der Waals surface area contributed by atoms with Gasteiger partial charge in [0.25, 0.3) is 0 Å². The molecule has 0 spiro atoms. The first-order valence-electron chi connectivity index (χ1n) is 6.13. The van der Waals surface area contributed by atoms with Crippen LogP contribution in [0.15, 0.2) is 18.3 Å². The Morgan fingerprint density at radius 3 is 2.69 bits per heavy atom. The lowest BCUT2D eigenvalue weighted by Crippen LogP contribution is -1.91. The number of benzene rings is 1. The summed E-state index contributed by atoms with van der Waals surface area (Å²) in [7, 11) is 2.01. The highest BCUT2D eigenvalue weighted by Gasteiger charge is 2.27. The fraction of sp³-hybridized carbons (Fsp3) is 0.500. The van der Waals surface area contributed by atoms with E-state index in [4.69, 9.17) is 0 Å². The maximum Gasteiger partial charge on any atom is 0.0960 e. The van der Waals surface area contributed by atoms with Gasteiger partial charge in [0.05, 0.1) is 5.52 Å². The molecule has 2 aromatic rings. The molecule has 1 aliphatic rings. The van der Waals surface area contributed by atoms with Crippen molar-refractivity contribution in [3.8, 4) is 0 Å². The summed E-state index contributed by atoms with van der Waals surface area (Å²) in [4.78, 5) is 0. The van der Waals surface area contributed by atoms with E-state index in [0.29, 0.717) is 5.92 Å². The fourth-order valence-electron chi connectivity index (χ4n) is 2.49. The van der Waals surface area contributed by atoms with Crippen LogP contribution in [0.2, 0.25) is 0 Å². The minimum absolute atomic E-state index is 0.569. The van der Waals surface area contributed by atoms with Gasteiger partial charge in [-0.15, -0.1) is 0 Å². The van der Waals surface area contributed by atoms with Crippen LogP contribution in [0.4, 0.5) is 0 Å². The zero-order valence-electron chi connectivity index (χ0n) is 10.2. The van der Waals surface area contributed by atoms with Gasteiger partial charge in [0, 0.05) is 18.6 Å². The van der Waals surface area contributed by atoms with Crippen molar-refractivity contribution in [2.75, 3.05) is 0 Å². The number of aryl methyl sites for hydroxylation is 1. The lowest BCUT2D eigenvalue weighted by Gasteiger charge is -2.08. The predicted octanol–water partition coefficient (Wildman–Crippen LogP) is 3.57. The van der Waals surface area contributed by atoms with Crippen molar-refractivity contribution in [2.24, 2.45) is 7.05 Å². The molecule has 0 saturated heterocycles. The fourth-order valence-corrected chi connectivity index (χ4v) is 2.49. The van der Waals surface area contributed by atoms with Crippen LogP contribution in [0.25, 0.3) is 10.9 Å². The highest BCUT2D eigenvalue weighted by molar-refractivity contribution is 5.86. The summed E-state index contributed by atoms with van der Waals surface area (Å²) in [6, 6.07) is 4.59. The molecule has 84 valence electrons. The number of fused-ring (bicyclic) bond motifs is 1. The summed E-state index contributed by atoms with van der Waals surface area (Å²) in [6.07, 6.45) is 4.84. The molecule has 1 aliphatic carbocycles. The lowest BCUT2D eigenvalue weighted by molar-refractivity contribution is 0.777. The van der Waals surface area contributed by atoms with E-state index in [1.807, 2.05) is 11.7 Å². The maximum atomic E-state index is 4.63. The summed E-state index contributed by atoms with van der Waals surface area (Å²) in [6.45, 7) is 4.50. The molecule has 0 aliphatic heterocycles. The molecule has 0 unspecified atom stereocenters. The van der Waals surface area contributed by atoms with Gasteiger partial charge in [-0.05, 0) is 35.8 Å². The van der Waals surface area contributed by atoms with E-state index >= 15 is 0 Å². The molecule has 0 bridgehead atoms. The number of hydrogen-bond acceptors (Lipinski definition) is 1. The van der Waals surface area contributed by atoms with Crippen LogP contribution in [0.3, 0.4) is 0 Å². The Morgan fingerprint density at radius 2 is 2.06 bits per heavy atom. The molecule has 3 rings (SSSR count). The average molecular weight is 214 g/mol. The van der Waals surface area contributed by atoms with Crippen molar-refractivity contribution in [2.45, 2.75) is 38.5 Å². The van der Waals surface area contributed by atoms with Crippen LogP contribution in [-0.4, -0.2) is 9.78 Å². The van der Waals surface area contributed by atoms with Gasteiger partial charge in [-0.2, -0.15) is 5.10 Å². The molecular weight excluding hydrogens is 196 g/mol. The first-order valence-corrected chi connectivity index (χ1v) is 6.13. The molecule has 0 radical (unpaired) electrons. The van der Waals surface area contributed by atoms with Crippen molar-refractivity contribution in [3.05, 3.63) is 29.5 Å². The van der Waals surface area contributed by atoms with Crippen LogP contribution >= 0.6 is 0 Å². The second kappa shape index (κ2) is 3.34. The zero-order valence-corrected chi connectivity index (χ0v) is 10.2. The van der Waals surface area contributed by atoms with Crippen molar-refractivity contribution in [1.82, 2.24) is 9.78 Å². The molecule has 1 aromatic heterocycles. The smallest absolute Gasteiger partial charge is 0.0960 e. The molecule has 2 heteroatoms. The maximum absolute atomic E-state index is 4.63. The van der Waals surface area contributed by atoms with Crippen molar-refractivity contribution in [1.29, 1.82) is 0 Å². The largest absolute Gasteiger partial charge is 0.275 e. The third kappa shape index (κ3) is 1.44. The third-order valence-electron chi connectivity index (χ3n) is 3.49. The Hall–Kier alpha value is -1.31. The van der Waals surface area contributed by atoms with E-state index in [1.165, 1.54) is 34.9 Å². The molecule has 1 fully saturated rings. The highest BCUT2D eigenvalue weighted by Crippen LogP contribution is 2.43. The Morgan fingerprint density at radius 1 is 1.31 bits per heavy atom. The van der Waals surface area contributed by atoms with Gasteiger partial charge >= 0.3 is 0 Å². The quantitative estimate of drug-likeness (QED) is 0.747. The van der Waals surface area contributed by atoms with Crippen molar-refractivity contribution in [3.63, 3.8) is 0 Å². The number of nitrogens with zero attached hydrogens (tertiary/aromatic N) is 2. The van der Waals surface area contributed by atoms with Crippen LogP contribution in [0.1, 0.15) is 49.7 Å². The third-order valence-corrected chi connectivity index (χ3v) is 3.49. The molecular formula is C14H18N2. The molecule has 0 atom stereocenters. The Balaban J connectivity index is 2.28. The molecule has 16 heavy (non-hydrogen) atoms. The van der Waals surface area contributed by atoms with E-state index in [-0.39, 0.29) is 0 Å². The van der Waals surface area contributed by atoms with Gasteiger partial charge in [0.15, 0.2) is 0 Å². The molecule has 0 N–H and O–H groups in total. The van der Waals surface area contributed by atoms with E-state index in [0.717, 1.165) is 5.92 Å². The lowest BCUT2D eigenvalue weighted by atomic mass is 9.96. The summed E-state index contributed by atoms with van der Waals surface area (Å²) in [5.41, 5.74) is 4.11. The second-order valence-electron chi connectivity index (χ2n) is 5.24. The van der Waals surface area contributed by atoms with Gasteiger partial charge in [-0.3, -0.25) is 4.68 Å². The first-order chi connectivity index (χ1) is 7.66. The van der Waals surface area contributed by atoms with Gasteiger partial charge in [0.1, 0.15) is 0 Å². The summed E-state index contributed by atoms with van der Waals surface area (Å²) in [5, 5.41) is 5.98. The Labute approximate surface area is 96.3 Å². The number of hydrogen-bond donors (Lipinski definition) is 0. The van der Waals surface area contributed by atoms with Crippen LogP contribution in [-0.2, 0) is 7.05 Å². The normalized spacial score (nSPS) is 16.2. The molecule has 2 nitrogen and oxygen atoms in total. The van der Waals surface area contributed by atoms with Gasteiger partial charge < -0.3 is 0 Å². The molecule has 1 saturated carbocycles. The van der Waals surface area contributed by atoms with E-state index in [1.54, 1.807) is 0 Å². The molecule has 1 heterocycles. The zero-order chi connectivity index (χ0) is 11.3. The van der Waals surface area contributed by atoms with Crippen LogP contribution < -0.4 is 0 Å². The summed E-state index contributed by atoms with van der Waals surface area (Å²) >= 11 is 0. The van der Waals surface area contributed by atoms with E-state index in [2.05, 4.69) is 37.3 Å². The minimum atomic E-state index is 0.569. The molecule has 0 amide bonds. The standard InChI is InChI=1S/C14H18N2/c1-9(2)11-6-7-12(10-4-5-10)14-13(11)8-16(3)15-14/h6-10H,4-5H2,1-3H3. The average Bonchev–Trinajstić information content (AvgIpc) is 2.97. The monoisotopic (exact) mass is 214 g/mol. The number of aromatic nitrogens is 2. The SMILES string of the molecule is CC(C)c1ccc(C2CC2)c2nn(C)cc12. The minimum Gasteiger partial charge on any atom is -0.275 e. The van der Waals surface area contributed by atoms with Crippen molar-refractivity contribution >= 4 is 10.9 Å². The summed E-state index contributed by atoms with van der Waals surface area (Å²) in [5.74, 6) is 1.35. The first kappa shape index (κ1) is 9.88. The Bertz CT molecular complexity index is 494. The molecule has 1 aromatic carbocycles. The Kier molecular flexibility index (Phi) is 2.06. The van der Waals surface area contributed by atoms with Crippen molar-refractivity contribution < 1.29 is 0 Å². The van der Waals surface area contributed by atoms with Gasteiger partial charge in [-0.1, -0.05) is 26.0 Å². The van der Waals surface area contributed by atoms with Gasteiger partial charge in [-0.25, -0.2) is 0 Å². The summed E-state index contributed by atoms with van der Waals surface area (Å²) < 4.78 is 1.95. The second-order valence-corrected chi connectivity index (χ2v) is 5.24. The van der Waals surface area contributed by atoms with Crippen LogP contribution in [0, 0.1) is 0 Å². The van der Waals surface area contributed by atoms with Crippen LogP contribution in [0.5, 0.6) is 0 Å². The van der Waals surface area contributed by atoms with Gasteiger partial charge in [0.2, 0.25) is 0 Å².